The fraction of sp³-hybridized carbons (Fsp3) is 0.250. The molecule has 0 fully saturated rings. The number of benzene rings is 3. The Labute approximate surface area is 188 Å². The van der Waals surface area contributed by atoms with Crippen LogP contribution in [0.5, 0.6) is 5.75 Å². The highest BCUT2D eigenvalue weighted by Crippen LogP contribution is 2.51. The molecule has 162 valence electrons. The maximum Gasteiger partial charge on any atom is 0.338 e. The number of carbonyl (C=O) groups excluding carboxylic acids is 1. The van der Waals surface area contributed by atoms with Crippen LogP contribution in [-0.2, 0) is 11.3 Å². The molecule has 0 amide bonds. The van der Waals surface area contributed by atoms with E-state index in [0.717, 1.165) is 29.0 Å². The number of para-hydroxylation sites is 1. The fourth-order valence-electron chi connectivity index (χ4n) is 4.85. The number of anilines is 1. The van der Waals surface area contributed by atoms with Crippen molar-refractivity contribution in [3.8, 4) is 5.75 Å². The molecule has 3 aromatic rings. The van der Waals surface area contributed by atoms with E-state index in [1.54, 1.807) is 0 Å². The largest absolute Gasteiger partial charge is 0.489 e. The SMILES string of the molecule is CCOC(=O)c1ccc2c(c1)C1C=CCC1[C@@H](c1ccccc1OCc1ccccc1)N2. The number of allylic oxidation sites excluding steroid dienone is 2. The van der Waals surface area contributed by atoms with Crippen molar-refractivity contribution in [2.24, 2.45) is 5.92 Å². The third-order valence-electron chi connectivity index (χ3n) is 6.37. The van der Waals surface area contributed by atoms with Crippen molar-refractivity contribution < 1.29 is 14.3 Å². The molecule has 0 bridgehead atoms. The molecule has 4 heteroatoms. The minimum Gasteiger partial charge on any atom is -0.489 e. The average molecular weight is 426 g/mol. The summed E-state index contributed by atoms with van der Waals surface area (Å²) < 4.78 is 11.5. The van der Waals surface area contributed by atoms with Crippen LogP contribution in [-0.4, -0.2) is 12.6 Å². The van der Waals surface area contributed by atoms with Gasteiger partial charge in [-0.25, -0.2) is 4.79 Å². The van der Waals surface area contributed by atoms with Gasteiger partial charge in [-0.2, -0.15) is 0 Å². The van der Waals surface area contributed by atoms with E-state index in [-0.39, 0.29) is 17.9 Å². The van der Waals surface area contributed by atoms with E-state index in [2.05, 4.69) is 47.8 Å². The summed E-state index contributed by atoms with van der Waals surface area (Å²) in [5.74, 6) is 1.26. The summed E-state index contributed by atoms with van der Waals surface area (Å²) in [5, 5.41) is 3.75. The first-order valence-electron chi connectivity index (χ1n) is 11.2. The molecule has 0 saturated heterocycles. The minimum absolute atomic E-state index is 0.128. The molecule has 2 unspecified atom stereocenters. The van der Waals surface area contributed by atoms with Gasteiger partial charge in [0.1, 0.15) is 12.4 Å². The molecule has 1 N–H and O–H groups in total. The van der Waals surface area contributed by atoms with Crippen LogP contribution in [0.25, 0.3) is 0 Å². The van der Waals surface area contributed by atoms with Crippen molar-refractivity contribution in [1.82, 2.24) is 0 Å². The lowest BCUT2D eigenvalue weighted by Gasteiger charge is -2.38. The van der Waals surface area contributed by atoms with Crippen molar-refractivity contribution in [2.75, 3.05) is 11.9 Å². The van der Waals surface area contributed by atoms with E-state index in [9.17, 15) is 4.79 Å². The number of carbonyl (C=O) groups is 1. The standard InChI is InChI=1S/C28H27NO3/c1-2-31-28(30)20-15-16-25-24(17-20)21-12-8-13-22(21)27(29-25)23-11-6-7-14-26(23)32-18-19-9-4-3-5-10-19/h3-12,14-17,21-22,27,29H,2,13,18H2,1H3/t21?,22?,27-/m0/s1. The van der Waals surface area contributed by atoms with Crippen molar-refractivity contribution >= 4 is 11.7 Å². The smallest absolute Gasteiger partial charge is 0.338 e. The second-order valence-corrected chi connectivity index (χ2v) is 8.31. The normalized spacial score (nSPS) is 20.7. The Bertz CT molecular complexity index is 1140. The summed E-state index contributed by atoms with van der Waals surface area (Å²) in [6.45, 7) is 2.74. The second kappa shape index (κ2) is 8.91. The van der Waals surface area contributed by atoms with Crippen LogP contribution >= 0.6 is 0 Å². The summed E-state index contributed by atoms with van der Waals surface area (Å²) in [4.78, 5) is 12.3. The molecule has 3 aromatic carbocycles. The zero-order valence-corrected chi connectivity index (χ0v) is 18.2. The lowest BCUT2D eigenvalue weighted by atomic mass is 9.76. The van der Waals surface area contributed by atoms with Crippen molar-refractivity contribution in [3.63, 3.8) is 0 Å². The van der Waals surface area contributed by atoms with E-state index in [1.807, 2.05) is 49.4 Å². The zero-order valence-electron chi connectivity index (χ0n) is 18.2. The number of hydrogen-bond acceptors (Lipinski definition) is 4. The Morgan fingerprint density at radius 3 is 2.66 bits per heavy atom. The van der Waals surface area contributed by atoms with Gasteiger partial charge in [0.25, 0.3) is 0 Å². The van der Waals surface area contributed by atoms with Gasteiger partial charge in [0.2, 0.25) is 0 Å². The number of esters is 1. The molecule has 0 saturated carbocycles. The summed E-state index contributed by atoms with van der Waals surface area (Å²) in [5.41, 5.74) is 5.15. The molecule has 32 heavy (non-hydrogen) atoms. The molecule has 0 radical (unpaired) electrons. The highest BCUT2D eigenvalue weighted by Gasteiger charge is 2.39. The van der Waals surface area contributed by atoms with E-state index in [1.165, 1.54) is 5.56 Å². The van der Waals surface area contributed by atoms with E-state index < -0.39 is 0 Å². The van der Waals surface area contributed by atoms with Crippen LogP contribution < -0.4 is 10.1 Å². The van der Waals surface area contributed by atoms with Crippen molar-refractivity contribution in [2.45, 2.75) is 31.9 Å². The Kier molecular flexibility index (Phi) is 5.68. The number of ether oxygens (including phenoxy) is 2. The van der Waals surface area contributed by atoms with Crippen LogP contribution in [0.2, 0.25) is 0 Å². The maximum absolute atomic E-state index is 12.3. The van der Waals surface area contributed by atoms with Gasteiger partial charge in [0.05, 0.1) is 18.2 Å². The highest BCUT2D eigenvalue weighted by molar-refractivity contribution is 5.90. The summed E-state index contributed by atoms with van der Waals surface area (Å²) in [6.07, 6.45) is 5.52. The number of rotatable bonds is 6. The van der Waals surface area contributed by atoms with Gasteiger partial charge in [0, 0.05) is 17.2 Å². The maximum atomic E-state index is 12.3. The van der Waals surface area contributed by atoms with Gasteiger partial charge < -0.3 is 14.8 Å². The van der Waals surface area contributed by atoms with Gasteiger partial charge in [-0.1, -0.05) is 60.7 Å². The fourth-order valence-corrected chi connectivity index (χ4v) is 4.85. The molecule has 4 nitrogen and oxygen atoms in total. The van der Waals surface area contributed by atoms with Crippen LogP contribution in [0.3, 0.4) is 0 Å². The predicted molar refractivity (Wildman–Crippen MR) is 126 cm³/mol. The van der Waals surface area contributed by atoms with Gasteiger partial charge in [0.15, 0.2) is 0 Å². The van der Waals surface area contributed by atoms with Gasteiger partial charge >= 0.3 is 5.97 Å². The van der Waals surface area contributed by atoms with Gasteiger partial charge in [-0.15, -0.1) is 0 Å². The van der Waals surface area contributed by atoms with Crippen LogP contribution in [0, 0.1) is 5.92 Å². The summed E-state index contributed by atoms with van der Waals surface area (Å²) in [7, 11) is 0. The molecule has 2 aliphatic rings. The summed E-state index contributed by atoms with van der Waals surface area (Å²) in [6, 6.07) is 24.5. The Morgan fingerprint density at radius 1 is 1.00 bits per heavy atom. The third kappa shape index (κ3) is 3.89. The molecule has 1 heterocycles. The van der Waals surface area contributed by atoms with Crippen LogP contribution in [0.1, 0.15) is 52.4 Å². The van der Waals surface area contributed by atoms with Gasteiger partial charge in [-0.3, -0.25) is 0 Å². The van der Waals surface area contributed by atoms with E-state index in [4.69, 9.17) is 9.47 Å². The van der Waals surface area contributed by atoms with Crippen LogP contribution in [0.4, 0.5) is 5.69 Å². The number of hydrogen-bond donors (Lipinski definition) is 1. The zero-order chi connectivity index (χ0) is 21.9. The topological polar surface area (TPSA) is 47.6 Å². The quantitative estimate of drug-likeness (QED) is 0.374. The van der Waals surface area contributed by atoms with Gasteiger partial charge in [-0.05, 0) is 54.7 Å². The third-order valence-corrected chi connectivity index (χ3v) is 6.37. The first kappa shape index (κ1) is 20.4. The Balaban J connectivity index is 1.45. The molecule has 5 rings (SSSR count). The number of fused-ring (bicyclic) bond motifs is 3. The second-order valence-electron chi connectivity index (χ2n) is 8.31. The predicted octanol–water partition coefficient (Wildman–Crippen LogP) is 6.27. The van der Waals surface area contributed by atoms with Crippen LogP contribution in [0.15, 0.2) is 84.9 Å². The average Bonchev–Trinajstić information content (AvgIpc) is 3.33. The summed E-state index contributed by atoms with van der Waals surface area (Å²) >= 11 is 0. The lowest BCUT2D eigenvalue weighted by Crippen LogP contribution is -2.29. The molecule has 1 aliphatic carbocycles. The molecule has 0 aromatic heterocycles. The lowest BCUT2D eigenvalue weighted by molar-refractivity contribution is 0.0526. The molecule has 3 atom stereocenters. The Hall–Kier alpha value is -3.53. The monoisotopic (exact) mass is 425 g/mol. The first-order chi connectivity index (χ1) is 15.7. The molecular weight excluding hydrogens is 398 g/mol. The van der Waals surface area contributed by atoms with E-state index in [0.29, 0.717) is 24.7 Å². The highest BCUT2D eigenvalue weighted by atomic mass is 16.5. The van der Waals surface area contributed by atoms with E-state index >= 15 is 0 Å². The number of nitrogens with one attached hydrogen (secondary N) is 1. The molecule has 1 aliphatic heterocycles. The molecular formula is C28H27NO3. The van der Waals surface area contributed by atoms with Crippen molar-refractivity contribution in [1.29, 1.82) is 0 Å². The Morgan fingerprint density at radius 2 is 1.81 bits per heavy atom. The molecule has 0 spiro atoms. The first-order valence-corrected chi connectivity index (χ1v) is 11.2. The minimum atomic E-state index is -0.268. The van der Waals surface area contributed by atoms with Crippen molar-refractivity contribution in [3.05, 3.63) is 107 Å².